The van der Waals surface area contributed by atoms with Gasteiger partial charge in [-0.2, -0.15) is 0 Å². The Bertz CT molecular complexity index is 231. The minimum Gasteiger partial charge on any atom is -0.327 e. The zero-order valence-electron chi connectivity index (χ0n) is 9.57. The fraction of sp³-hybridized carbons (Fsp3) is 1.00. The Morgan fingerprint density at radius 2 is 1.80 bits per heavy atom. The highest BCUT2D eigenvalue weighted by molar-refractivity contribution is 4.93. The monoisotopic (exact) mass is 209 g/mol. The highest BCUT2D eigenvalue weighted by Crippen LogP contribution is 2.31. The fourth-order valence-corrected chi connectivity index (χ4v) is 3.75. The van der Waals surface area contributed by atoms with E-state index in [1.54, 1.807) is 0 Å². The summed E-state index contributed by atoms with van der Waals surface area (Å²) in [5, 5.41) is 0. The molecule has 3 heteroatoms. The second-order valence-electron chi connectivity index (χ2n) is 5.60. The summed E-state index contributed by atoms with van der Waals surface area (Å²) in [5.74, 6) is 0.948. The SMILES string of the molecule is NC1CCCN(C2CCN3CCC2C3)C1. The lowest BCUT2D eigenvalue weighted by molar-refractivity contribution is 0.0759. The number of hydrogen-bond acceptors (Lipinski definition) is 3. The quantitative estimate of drug-likeness (QED) is 0.683. The molecule has 0 aliphatic carbocycles. The Hall–Kier alpha value is -0.120. The van der Waals surface area contributed by atoms with Gasteiger partial charge in [0, 0.05) is 25.2 Å². The molecular formula is C12H23N3. The number of piperidine rings is 2. The van der Waals surface area contributed by atoms with Gasteiger partial charge in [-0.1, -0.05) is 0 Å². The average molecular weight is 209 g/mol. The van der Waals surface area contributed by atoms with Crippen LogP contribution in [0.5, 0.6) is 0 Å². The number of hydrogen-bond donors (Lipinski definition) is 1. The van der Waals surface area contributed by atoms with Crippen LogP contribution in [-0.4, -0.2) is 54.6 Å². The fourth-order valence-electron chi connectivity index (χ4n) is 3.75. The van der Waals surface area contributed by atoms with Gasteiger partial charge in [-0.25, -0.2) is 0 Å². The van der Waals surface area contributed by atoms with Crippen LogP contribution in [0.15, 0.2) is 0 Å². The molecule has 0 aromatic rings. The summed E-state index contributed by atoms with van der Waals surface area (Å²) < 4.78 is 0. The Morgan fingerprint density at radius 3 is 2.67 bits per heavy atom. The Labute approximate surface area is 92.6 Å². The van der Waals surface area contributed by atoms with E-state index in [0.29, 0.717) is 6.04 Å². The zero-order chi connectivity index (χ0) is 10.3. The summed E-state index contributed by atoms with van der Waals surface area (Å²) in [7, 11) is 0. The van der Waals surface area contributed by atoms with Gasteiger partial charge in [-0.3, -0.25) is 4.90 Å². The van der Waals surface area contributed by atoms with Crippen molar-refractivity contribution in [2.45, 2.75) is 37.8 Å². The molecule has 3 saturated heterocycles. The molecule has 3 nitrogen and oxygen atoms in total. The van der Waals surface area contributed by atoms with Crippen LogP contribution in [0.4, 0.5) is 0 Å². The Morgan fingerprint density at radius 1 is 0.933 bits per heavy atom. The van der Waals surface area contributed by atoms with E-state index in [4.69, 9.17) is 5.73 Å². The summed E-state index contributed by atoms with van der Waals surface area (Å²) >= 11 is 0. The molecule has 3 fully saturated rings. The molecule has 0 aromatic heterocycles. The van der Waals surface area contributed by atoms with Crippen molar-refractivity contribution < 1.29 is 0 Å². The first-order valence-electron chi connectivity index (χ1n) is 6.55. The van der Waals surface area contributed by atoms with E-state index in [9.17, 15) is 0 Å². The van der Waals surface area contributed by atoms with Crippen molar-refractivity contribution in [3.63, 3.8) is 0 Å². The van der Waals surface area contributed by atoms with E-state index in [-0.39, 0.29) is 0 Å². The van der Waals surface area contributed by atoms with Gasteiger partial charge in [0.05, 0.1) is 0 Å². The van der Waals surface area contributed by atoms with Gasteiger partial charge in [-0.05, 0) is 51.2 Å². The Balaban J connectivity index is 1.65. The topological polar surface area (TPSA) is 32.5 Å². The number of nitrogens with two attached hydrogens (primary N) is 1. The first-order chi connectivity index (χ1) is 7.33. The molecule has 0 amide bonds. The molecule has 3 aliphatic heterocycles. The molecule has 3 aliphatic rings. The van der Waals surface area contributed by atoms with Gasteiger partial charge in [-0.15, -0.1) is 0 Å². The highest BCUT2D eigenvalue weighted by atomic mass is 15.2. The minimum absolute atomic E-state index is 0.443. The standard InChI is InChI=1S/C12H23N3/c13-11-2-1-5-15(9-11)12-4-7-14-6-3-10(12)8-14/h10-12H,1-9,13H2. The molecule has 0 radical (unpaired) electrons. The van der Waals surface area contributed by atoms with Crippen LogP contribution in [0.25, 0.3) is 0 Å². The van der Waals surface area contributed by atoms with Crippen LogP contribution in [0.3, 0.4) is 0 Å². The van der Waals surface area contributed by atoms with Crippen molar-refractivity contribution in [3.05, 3.63) is 0 Å². The lowest BCUT2D eigenvalue weighted by atomic mass is 9.90. The summed E-state index contributed by atoms with van der Waals surface area (Å²) in [5.41, 5.74) is 6.08. The summed E-state index contributed by atoms with van der Waals surface area (Å²) in [6.45, 7) is 6.49. The maximum atomic E-state index is 6.08. The third kappa shape index (κ3) is 1.93. The van der Waals surface area contributed by atoms with Crippen molar-refractivity contribution in [2.75, 3.05) is 32.7 Å². The number of likely N-dealkylation sites (tertiary alicyclic amines) is 1. The van der Waals surface area contributed by atoms with Crippen LogP contribution in [0.1, 0.15) is 25.7 Å². The van der Waals surface area contributed by atoms with E-state index < -0.39 is 0 Å². The lowest BCUT2D eigenvalue weighted by Gasteiger charge is -2.42. The Kier molecular flexibility index (Phi) is 2.71. The smallest absolute Gasteiger partial charge is 0.0168 e. The van der Waals surface area contributed by atoms with Gasteiger partial charge >= 0.3 is 0 Å². The van der Waals surface area contributed by atoms with Crippen molar-refractivity contribution in [1.82, 2.24) is 9.80 Å². The summed E-state index contributed by atoms with van der Waals surface area (Å²) in [6, 6.07) is 1.30. The predicted molar refractivity (Wildman–Crippen MR) is 61.7 cm³/mol. The van der Waals surface area contributed by atoms with Crippen molar-refractivity contribution in [3.8, 4) is 0 Å². The van der Waals surface area contributed by atoms with Gasteiger partial charge in [0.25, 0.3) is 0 Å². The zero-order valence-corrected chi connectivity index (χ0v) is 9.57. The number of fused-ring (bicyclic) bond motifs is 2. The molecule has 3 heterocycles. The van der Waals surface area contributed by atoms with Crippen LogP contribution in [-0.2, 0) is 0 Å². The summed E-state index contributed by atoms with van der Waals surface area (Å²) in [6.07, 6.45) is 5.36. The molecular weight excluding hydrogens is 186 g/mol. The van der Waals surface area contributed by atoms with Crippen LogP contribution in [0, 0.1) is 5.92 Å². The summed E-state index contributed by atoms with van der Waals surface area (Å²) in [4.78, 5) is 5.33. The van der Waals surface area contributed by atoms with Crippen molar-refractivity contribution >= 4 is 0 Å². The molecule has 0 aromatic carbocycles. The first kappa shape index (κ1) is 10.1. The van der Waals surface area contributed by atoms with Crippen LogP contribution < -0.4 is 5.73 Å². The van der Waals surface area contributed by atoms with E-state index in [0.717, 1.165) is 18.5 Å². The maximum Gasteiger partial charge on any atom is 0.0168 e. The van der Waals surface area contributed by atoms with E-state index in [1.807, 2.05) is 0 Å². The third-order valence-electron chi connectivity index (χ3n) is 4.55. The molecule has 86 valence electrons. The number of rotatable bonds is 1. The third-order valence-corrected chi connectivity index (χ3v) is 4.55. The largest absolute Gasteiger partial charge is 0.327 e. The van der Waals surface area contributed by atoms with Gasteiger partial charge in [0.2, 0.25) is 0 Å². The van der Waals surface area contributed by atoms with E-state index in [1.165, 1.54) is 51.9 Å². The van der Waals surface area contributed by atoms with Gasteiger partial charge < -0.3 is 10.6 Å². The number of nitrogens with zero attached hydrogens (tertiary/aromatic N) is 2. The average Bonchev–Trinajstić information content (AvgIpc) is 2.61. The molecule has 4 atom stereocenters. The van der Waals surface area contributed by atoms with Gasteiger partial charge in [0.1, 0.15) is 0 Å². The lowest BCUT2D eigenvalue weighted by Crippen LogP contribution is -2.52. The second kappa shape index (κ2) is 4.04. The predicted octanol–water partition coefficient (Wildman–Crippen LogP) is 0.504. The normalized spacial score (nSPS) is 47.0. The molecule has 2 bridgehead atoms. The van der Waals surface area contributed by atoms with Gasteiger partial charge in [0.15, 0.2) is 0 Å². The molecule has 4 unspecified atom stereocenters. The molecule has 2 N–H and O–H groups in total. The second-order valence-corrected chi connectivity index (χ2v) is 5.60. The van der Waals surface area contributed by atoms with Crippen molar-refractivity contribution in [1.29, 1.82) is 0 Å². The van der Waals surface area contributed by atoms with Crippen molar-refractivity contribution in [2.24, 2.45) is 11.7 Å². The van der Waals surface area contributed by atoms with Crippen LogP contribution in [0.2, 0.25) is 0 Å². The molecule has 0 spiro atoms. The molecule has 0 saturated carbocycles. The molecule has 3 rings (SSSR count). The van der Waals surface area contributed by atoms with E-state index >= 15 is 0 Å². The van der Waals surface area contributed by atoms with E-state index in [2.05, 4.69) is 9.80 Å². The minimum atomic E-state index is 0.443. The molecule has 15 heavy (non-hydrogen) atoms. The first-order valence-corrected chi connectivity index (χ1v) is 6.55. The highest BCUT2D eigenvalue weighted by Gasteiger charge is 2.38. The maximum absolute atomic E-state index is 6.08. The van der Waals surface area contributed by atoms with Crippen LogP contribution >= 0.6 is 0 Å².